The quantitative estimate of drug-likeness (QED) is 0.530. The Balaban J connectivity index is 1.68. The van der Waals surface area contributed by atoms with Crippen molar-refractivity contribution >= 4 is 23.4 Å². The topological polar surface area (TPSA) is 108 Å². The normalized spacial score (nSPS) is 33.0. The van der Waals surface area contributed by atoms with Gasteiger partial charge in [0.25, 0.3) is 0 Å². The standard InChI is InChI=1S/C24H33N3O5/c1-15(2)25-21(30)19-24-12-11-23(3,32-24)17(20(29)26-16-9-5-4-6-10-16)18(24)22(31)27(19)13-7-8-14-28/h4-6,9-10,15,17-19,28H,7-8,11-14H2,1-3H3,(H,25,30)(H,26,29)/t17-,18+,19?,23+,24?/m1/s1. The lowest BCUT2D eigenvalue weighted by atomic mass is 9.66. The molecular formula is C24H33N3O5. The number of carbonyl (C=O) groups excluding carboxylic acids is 3. The molecule has 0 saturated carbocycles. The Morgan fingerprint density at radius 1 is 1.19 bits per heavy atom. The maximum absolute atomic E-state index is 13.7. The van der Waals surface area contributed by atoms with Crippen molar-refractivity contribution in [2.45, 2.75) is 69.7 Å². The number of carbonyl (C=O) groups is 3. The number of nitrogens with zero attached hydrogens (tertiary/aromatic N) is 1. The first-order valence-corrected chi connectivity index (χ1v) is 11.5. The second-order valence-corrected chi connectivity index (χ2v) is 9.71. The Bertz CT molecular complexity index is 891. The van der Waals surface area contributed by atoms with Crippen LogP contribution in [0, 0.1) is 11.8 Å². The number of fused-ring (bicyclic) bond motifs is 1. The van der Waals surface area contributed by atoms with Gasteiger partial charge in [0.15, 0.2) is 0 Å². The number of benzene rings is 1. The average Bonchev–Trinajstić information content (AvgIpc) is 3.29. The van der Waals surface area contributed by atoms with Crippen molar-refractivity contribution in [3.63, 3.8) is 0 Å². The SMILES string of the molecule is CC(C)NC(=O)C1N(CCCCO)C(=O)[C@@H]2[C@H](C(=O)Nc3ccccc3)[C@]3(C)CCC12O3. The van der Waals surface area contributed by atoms with Gasteiger partial charge in [0.05, 0.1) is 17.4 Å². The molecule has 3 aliphatic heterocycles. The van der Waals surface area contributed by atoms with Crippen LogP contribution in [0.3, 0.4) is 0 Å². The summed E-state index contributed by atoms with van der Waals surface area (Å²) in [6.07, 6.45) is 2.28. The number of aliphatic hydroxyl groups excluding tert-OH is 1. The fourth-order valence-electron chi connectivity index (χ4n) is 5.87. The van der Waals surface area contributed by atoms with E-state index in [1.54, 1.807) is 17.0 Å². The third-order valence-corrected chi connectivity index (χ3v) is 7.09. The molecule has 0 radical (unpaired) electrons. The van der Waals surface area contributed by atoms with Gasteiger partial charge in [-0.25, -0.2) is 0 Å². The molecule has 2 unspecified atom stereocenters. The lowest BCUT2D eigenvalue weighted by molar-refractivity contribution is -0.145. The summed E-state index contributed by atoms with van der Waals surface area (Å²) in [7, 11) is 0. The number of aliphatic hydroxyl groups is 1. The summed E-state index contributed by atoms with van der Waals surface area (Å²) in [6.45, 7) is 6.02. The molecule has 8 nitrogen and oxygen atoms in total. The highest BCUT2D eigenvalue weighted by molar-refractivity contribution is 6.02. The molecule has 4 rings (SSSR count). The van der Waals surface area contributed by atoms with E-state index < -0.39 is 29.1 Å². The number of unbranched alkanes of at least 4 members (excludes halogenated alkanes) is 1. The van der Waals surface area contributed by atoms with E-state index in [9.17, 15) is 19.5 Å². The molecule has 3 heterocycles. The Labute approximate surface area is 188 Å². The maximum atomic E-state index is 13.7. The summed E-state index contributed by atoms with van der Waals surface area (Å²) in [5.41, 5.74) is -1.15. The van der Waals surface area contributed by atoms with Crippen LogP contribution >= 0.6 is 0 Å². The van der Waals surface area contributed by atoms with Gasteiger partial charge >= 0.3 is 0 Å². The zero-order valence-corrected chi connectivity index (χ0v) is 19.0. The van der Waals surface area contributed by atoms with Crippen molar-refractivity contribution in [2.24, 2.45) is 11.8 Å². The summed E-state index contributed by atoms with van der Waals surface area (Å²) >= 11 is 0. The minimum Gasteiger partial charge on any atom is -0.396 e. The van der Waals surface area contributed by atoms with Crippen LogP contribution in [0.5, 0.6) is 0 Å². The Hall–Kier alpha value is -2.45. The molecule has 0 aromatic heterocycles. The molecule has 1 aromatic carbocycles. The van der Waals surface area contributed by atoms with Gasteiger partial charge in [-0.15, -0.1) is 0 Å². The number of amides is 3. The fourth-order valence-corrected chi connectivity index (χ4v) is 5.87. The Kier molecular flexibility index (Phi) is 6.02. The van der Waals surface area contributed by atoms with E-state index in [0.29, 0.717) is 37.9 Å². The number of anilines is 1. The molecule has 32 heavy (non-hydrogen) atoms. The number of nitrogens with one attached hydrogen (secondary N) is 2. The minimum atomic E-state index is -1.01. The molecule has 174 valence electrons. The van der Waals surface area contributed by atoms with E-state index in [1.165, 1.54) is 0 Å². The Morgan fingerprint density at radius 2 is 1.91 bits per heavy atom. The van der Waals surface area contributed by atoms with Gasteiger partial charge in [-0.3, -0.25) is 14.4 Å². The lowest BCUT2D eigenvalue weighted by Gasteiger charge is -2.34. The first-order chi connectivity index (χ1) is 15.2. The highest BCUT2D eigenvalue weighted by Crippen LogP contribution is 2.63. The number of likely N-dealkylation sites (tertiary alicyclic amines) is 1. The molecule has 1 aromatic rings. The minimum absolute atomic E-state index is 0.0239. The third-order valence-electron chi connectivity index (χ3n) is 7.09. The van der Waals surface area contributed by atoms with E-state index in [1.807, 2.05) is 39.0 Å². The molecule has 1 spiro atoms. The van der Waals surface area contributed by atoms with Crippen LogP contribution in [-0.4, -0.2) is 64.2 Å². The van der Waals surface area contributed by atoms with Crippen LogP contribution in [-0.2, 0) is 19.1 Å². The van der Waals surface area contributed by atoms with Crippen molar-refractivity contribution in [3.8, 4) is 0 Å². The molecular weight excluding hydrogens is 410 g/mol. The largest absolute Gasteiger partial charge is 0.396 e. The smallest absolute Gasteiger partial charge is 0.246 e. The summed E-state index contributed by atoms with van der Waals surface area (Å²) in [5.74, 6) is -2.08. The van der Waals surface area contributed by atoms with Crippen LogP contribution < -0.4 is 10.6 Å². The van der Waals surface area contributed by atoms with Gasteiger partial charge in [-0.2, -0.15) is 0 Å². The number of ether oxygens (including phenoxy) is 1. The predicted molar refractivity (Wildman–Crippen MR) is 119 cm³/mol. The monoisotopic (exact) mass is 443 g/mol. The summed E-state index contributed by atoms with van der Waals surface area (Å²) in [5, 5.41) is 15.1. The second kappa shape index (κ2) is 8.48. The highest BCUT2D eigenvalue weighted by atomic mass is 16.5. The van der Waals surface area contributed by atoms with Crippen molar-refractivity contribution in [2.75, 3.05) is 18.5 Å². The molecule has 3 amide bonds. The zero-order valence-electron chi connectivity index (χ0n) is 19.0. The van der Waals surface area contributed by atoms with Crippen molar-refractivity contribution in [1.29, 1.82) is 0 Å². The maximum Gasteiger partial charge on any atom is 0.246 e. The fraction of sp³-hybridized carbons (Fsp3) is 0.625. The number of para-hydroxylation sites is 1. The molecule has 8 heteroatoms. The lowest BCUT2D eigenvalue weighted by Crippen LogP contribution is -2.56. The van der Waals surface area contributed by atoms with Crippen LogP contribution in [0.2, 0.25) is 0 Å². The van der Waals surface area contributed by atoms with E-state index in [4.69, 9.17) is 4.74 Å². The molecule has 5 atom stereocenters. The van der Waals surface area contributed by atoms with Crippen molar-refractivity contribution in [1.82, 2.24) is 10.2 Å². The van der Waals surface area contributed by atoms with E-state index >= 15 is 0 Å². The molecule has 3 saturated heterocycles. The average molecular weight is 444 g/mol. The van der Waals surface area contributed by atoms with Crippen molar-refractivity contribution in [3.05, 3.63) is 30.3 Å². The summed E-state index contributed by atoms with van der Waals surface area (Å²) < 4.78 is 6.53. The predicted octanol–water partition coefficient (Wildman–Crippen LogP) is 1.69. The first kappa shape index (κ1) is 22.7. The molecule has 3 N–H and O–H groups in total. The molecule has 3 aliphatic rings. The molecule has 0 aliphatic carbocycles. The zero-order chi connectivity index (χ0) is 23.1. The van der Waals surface area contributed by atoms with Gasteiger partial charge in [0, 0.05) is 24.9 Å². The van der Waals surface area contributed by atoms with Crippen LogP contribution in [0.25, 0.3) is 0 Å². The van der Waals surface area contributed by atoms with Gasteiger partial charge in [-0.05, 0) is 58.6 Å². The number of hydrogen-bond donors (Lipinski definition) is 3. The highest BCUT2D eigenvalue weighted by Gasteiger charge is 2.77. The van der Waals surface area contributed by atoms with E-state index in [-0.39, 0.29) is 30.4 Å². The molecule has 3 fully saturated rings. The second-order valence-electron chi connectivity index (χ2n) is 9.71. The molecule has 2 bridgehead atoms. The van der Waals surface area contributed by atoms with Gasteiger partial charge in [-0.1, -0.05) is 18.2 Å². The Morgan fingerprint density at radius 3 is 2.56 bits per heavy atom. The first-order valence-electron chi connectivity index (χ1n) is 11.5. The van der Waals surface area contributed by atoms with Gasteiger partial charge in [0.1, 0.15) is 11.6 Å². The van der Waals surface area contributed by atoms with Gasteiger partial charge in [0.2, 0.25) is 17.7 Å². The van der Waals surface area contributed by atoms with E-state index in [0.717, 1.165) is 0 Å². The summed E-state index contributed by atoms with van der Waals surface area (Å²) in [4.78, 5) is 42.0. The van der Waals surface area contributed by atoms with E-state index in [2.05, 4.69) is 10.6 Å². The van der Waals surface area contributed by atoms with Crippen LogP contribution in [0.15, 0.2) is 30.3 Å². The third kappa shape index (κ3) is 3.59. The van der Waals surface area contributed by atoms with Crippen molar-refractivity contribution < 1.29 is 24.2 Å². The van der Waals surface area contributed by atoms with Crippen LogP contribution in [0.4, 0.5) is 5.69 Å². The number of rotatable bonds is 8. The van der Waals surface area contributed by atoms with Crippen LogP contribution in [0.1, 0.15) is 46.5 Å². The number of hydrogen-bond acceptors (Lipinski definition) is 5. The summed E-state index contributed by atoms with van der Waals surface area (Å²) in [6, 6.07) is 8.30. The van der Waals surface area contributed by atoms with Gasteiger partial charge < -0.3 is 25.4 Å².